The van der Waals surface area contributed by atoms with E-state index in [1.807, 2.05) is 0 Å². The van der Waals surface area contributed by atoms with E-state index in [0.29, 0.717) is 29.5 Å². The minimum absolute atomic E-state index is 0.0950. The van der Waals surface area contributed by atoms with Crippen molar-refractivity contribution in [3.05, 3.63) is 28.8 Å². The van der Waals surface area contributed by atoms with Crippen LogP contribution < -0.4 is 4.74 Å². The van der Waals surface area contributed by atoms with Crippen molar-refractivity contribution in [2.75, 3.05) is 26.9 Å². The molecule has 0 heterocycles. The van der Waals surface area contributed by atoms with Crippen LogP contribution in [0.2, 0.25) is 5.02 Å². The number of methoxy groups -OCH3 is 1. The highest BCUT2D eigenvalue weighted by Crippen LogP contribution is 2.26. The van der Waals surface area contributed by atoms with E-state index in [1.165, 1.54) is 0 Å². The number of hydrogen-bond donors (Lipinski definition) is 0. The van der Waals surface area contributed by atoms with Gasteiger partial charge in [0.05, 0.1) is 20.1 Å². The molecule has 0 fully saturated rings. The van der Waals surface area contributed by atoms with Crippen molar-refractivity contribution in [1.29, 1.82) is 0 Å². The second-order valence-corrected chi connectivity index (χ2v) is 4.69. The Labute approximate surface area is 125 Å². The topological polar surface area (TPSA) is 44.8 Å². The molecule has 0 aliphatic heterocycles. The zero-order valence-electron chi connectivity index (χ0n) is 12.0. The zero-order chi connectivity index (χ0) is 14.8. The van der Waals surface area contributed by atoms with E-state index in [9.17, 15) is 4.79 Å². The Kier molecular flexibility index (Phi) is 8.07. The molecular formula is C15H21ClO4. The molecule has 1 rings (SSSR count). The van der Waals surface area contributed by atoms with Gasteiger partial charge in [0.2, 0.25) is 0 Å². The van der Waals surface area contributed by atoms with Crippen LogP contribution in [0.3, 0.4) is 0 Å². The summed E-state index contributed by atoms with van der Waals surface area (Å²) in [5.41, 5.74) is 0.647. The molecule has 0 saturated carbocycles. The molecule has 0 N–H and O–H groups in total. The number of carbonyl (C=O) groups is 1. The van der Waals surface area contributed by atoms with E-state index in [-0.39, 0.29) is 19.0 Å². The van der Waals surface area contributed by atoms with E-state index in [4.69, 9.17) is 25.8 Å². The van der Waals surface area contributed by atoms with Crippen LogP contribution in [0.5, 0.6) is 5.75 Å². The summed E-state index contributed by atoms with van der Waals surface area (Å²) in [6.45, 7) is 3.48. The Morgan fingerprint density at radius 1 is 1.25 bits per heavy atom. The molecule has 0 bridgehead atoms. The summed E-state index contributed by atoms with van der Waals surface area (Å²) in [5, 5.41) is 0.500. The lowest BCUT2D eigenvalue weighted by molar-refractivity contribution is -0.144. The maximum atomic E-state index is 11.7. The van der Waals surface area contributed by atoms with Crippen LogP contribution in [0, 0.1) is 0 Å². The Morgan fingerprint density at radius 2 is 2.05 bits per heavy atom. The van der Waals surface area contributed by atoms with Crippen LogP contribution in [0.1, 0.15) is 25.3 Å². The average Bonchev–Trinajstić information content (AvgIpc) is 2.45. The number of carbonyl (C=O) groups excluding carboxylic acids is 1. The third-order valence-corrected chi connectivity index (χ3v) is 3.10. The van der Waals surface area contributed by atoms with Gasteiger partial charge in [-0.25, -0.2) is 0 Å². The summed E-state index contributed by atoms with van der Waals surface area (Å²) in [7, 11) is 1.54. The van der Waals surface area contributed by atoms with Gasteiger partial charge >= 0.3 is 5.97 Å². The van der Waals surface area contributed by atoms with Gasteiger partial charge in [-0.3, -0.25) is 4.79 Å². The van der Waals surface area contributed by atoms with Crippen molar-refractivity contribution < 1.29 is 19.0 Å². The van der Waals surface area contributed by atoms with Gasteiger partial charge in [0.25, 0.3) is 0 Å². The lowest BCUT2D eigenvalue weighted by Crippen LogP contribution is -2.13. The van der Waals surface area contributed by atoms with Crippen LogP contribution in [0.4, 0.5) is 0 Å². The van der Waals surface area contributed by atoms with Crippen LogP contribution >= 0.6 is 11.6 Å². The summed E-state index contributed by atoms with van der Waals surface area (Å²) >= 11 is 6.06. The molecule has 0 radical (unpaired) electrons. The fourth-order valence-corrected chi connectivity index (χ4v) is 1.89. The molecule has 0 atom stereocenters. The Balaban J connectivity index is 2.35. The van der Waals surface area contributed by atoms with E-state index < -0.39 is 0 Å². The maximum absolute atomic E-state index is 11.7. The minimum Gasteiger partial charge on any atom is -0.496 e. The second-order valence-electron chi connectivity index (χ2n) is 4.28. The average molecular weight is 301 g/mol. The van der Waals surface area contributed by atoms with Gasteiger partial charge in [-0.1, -0.05) is 31.0 Å². The normalized spacial score (nSPS) is 10.3. The van der Waals surface area contributed by atoms with Gasteiger partial charge in [-0.05, 0) is 18.6 Å². The molecular weight excluding hydrogens is 280 g/mol. The third kappa shape index (κ3) is 5.80. The molecule has 0 aliphatic carbocycles. The first kappa shape index (κ1) is 16.8. The van der Waals surface area contributed by atoms with Crippen molar-refractivity contribution in [3.8, 4) is 5.75 Å². The molecule has 0 saturated heterocycles. The highest BCUT2D eigenvalue weighted by Gasteiger charge is 2.13. The standard InChI is InChI=1S/C15H21ClO4/c1-3-4-8-19-9-10-20-15(17)11-12-13(16)6-5-7-14(12)18-2/h5-7H,3-4,8-11H2,1-2H3. The summed E-state index contributed by atoms with van der Waals surface area (Å²) in [5.74, 6) is 0.254. The summed E-state index contributed by atoms with van der Waals surface area (Å²) < 4.78 is 15.6. The lowest BCUT2D eigenvalue weighted by atomic mass is 10.1. The summed E-state index contributed by atoms with van der Waals surface area (Å²) in [4.78, 5) is 11.7. The Bertz CT molecular complexity index is 420. The molecule has 0 aliphatic rings. The van der Waals surface area contributed by atoms with Crippen molar-refractivity contribution in [1.82, 2.24) is 0 Å². The van der Waals surface area contributed by atoms with Crippen LogP contribution in [0.15, 0.2) is 18.2 Å². The summed E-state index contributed by atoms with van der Waals surface area (Å²) in [6.07, 6.45) is 2.20. The number of ether oxygens (including phenoxy) is 3. The predicted octanol–water partition coefficient (Wildman–Crippen LogP) is 3.25. The van der Waals surface area contributed by atoms with E-state index >= 15 is 0 Å². The van der Waals surface area contributed by atoms with Gasteiger partial charge in [0, 0.05) is 17.2 Å². The van der Waals surface area contributed by atoms with Gasteiger partial charge in [-0.15, -0.1) is 0 Å². The molecule has 112 valence electrons. The first-order chi connectivity index (χ1) is 9.69. The van der Waals surface area contributed by atoms with Crippen LogP contribution in [0.25, 0.3) is 0 Å². The van der Waals surface area contributed by atoms with Crippen LogP contribution in [-0.2, 0) is 20.7 Å². The fourth-order valence-electron chi connectivity index (χ4n) is 1.66. The highest BCUT2D eigenvalue weighted by molar-refractivity contribution is 6.31. The van der Waals surface area contributed by atoms with E-state index in [1.54, 1.807) is 25.3 Å². The van der Waals surface area contributed by atoms with Gasteiger partial charge < -0.3 is 14.2 Å². The third-order valence-electron chi connectivity index (χ3n) is 2.75. The van der Waals surface area contributed by atoms with Crippen molar-refractivity contribution in [2.24, 2.45) is 0 Å². The Hall–Kier alpha value is -1.26. The molecule has 5 heteroatoms. The number of unbranched alkanes of at least 4 members (excludes halogenated alkanes) is 1. The predicted molar refractivity (Wildman–Crippen MR) is 78.4 cm³/mol. The largest absolute Gasteiger partial charge is 0.496 e. The molecule has 0 amide bonds. The number of benzene rings is 1. The quantitative estimate of drug-likeness (QED) is 0.519. The first-order valence-corrected chi connectivity index (χ1v) is 7.11. The van der Waals surface area contributed by atoms with E-state index in [2.05, 4.69) is 6.92 Å². The minimum atomic E-state index is -0.338. The highest BCUT2D eigenvalue weighted by atomic mass is 35.5. The molecule has 0 spiro atoms. The number of esters is 1. The zero-order valence-corrected chi connectivity index (χ0v) is 12.7. The molecule has 0 aromatic heterocycles. The number of halogens is 1. The van der Waals surface area contributed by atoms with Crippen molar-refractivity contribution >= 4 is 17.6 Å². The monoisotopic (exact) mass is 300 g/mol. The molecule has 1 aromatic carbocycles. The molecule has 4 nitrogen and oxygen atoms in total. The van der Waals surface area contributed by atoms with Gasteiger partial charge in [0.1, 0.15) is 12.4 Å². The number of rotatable bonds is 9. The first-order valence-electron chi connectivity index (χ1n) is 6.73. The molecule has 20 heavy (non-hydrogen) atoms. The summed E-state index contributed by atoms with van der Waals surface area (Å²) in [6, 6.07) is 5.26. The fraction of sp³-hybridized carbons (Fsp3) is 0.533. The van der Waals surface area contributed by atoms with Gasteiger partial charge in [0.15, 0.2) is 0 Å². The smallest absolute Gasteiger partial charge is 0.310 e. The van der Waals surface area contributed by atoms with Crippen LogP contribution in [-0.4, -0.2) is 32.9 Å². The number of hydrogen-bond acceptors (Lipinski definition) is 4. The maximum Gasteiger partial charge on any atom is 0.310 e. The molecule has 0 unspecified atom stereocenters. The Morgan fingerprint density at radius 3 is 2.75 bits per heavy atom. The second kappa shape index (κ2) is 9.61. The lowest BCUT2D eigenvalue weighted by Gasteiger charge is -2.10. The van der Waals surface area contributed by atoms with Gasteiger partial charge in [-0.2, -0.15) is 0 Å². The molecule has 1 aromatic rings. The SMILES string of the molecule is CCCCOCCOC(=O)Cc1c(Cl)cccc1OC. The van der Waals surface area contributed by atoms with Crippen molar-refractivity contribution in [2.45, 2.75) is 26.2 Å². The van der Waals surface area contributed by atoms with Crippen molar-refractivity contribution in [3.63, 3.8) is 0 Å². The van der Waals surface area contributed by atoms with E-state index in [0.717, 1.165) is 12.8 Å².